The predicted octanol–water partition coefficient (Wildman–Crippen LogP) is 10.6. The van der Waals surface area contributed by atoms with E-state index in [1.165, 1.54) is 66.4 Å². The van der Waals surface area contributed by atoms with Gasteiger partial charge >= 0.3 is 0 Å². The topological polar surface area (TPSA) is 12.0 Å². The molecule has 0 aliphatic heterocycles. The van der Waals surface area contributed by atoms with E-state index >= 15 is 0 Å². The van der Waals surface area contributed by atoms with Gasteiger partial charge in [0, 0.05) is 22.5 Å². The number of hydrogen-bond donors (Lipinski definition) is 1. The van der Waals surface area contributed by atoms with E-state index < -0.39 is 0 Å². The molecule has 0 atom stereocenters. The Hall–Kier alpha value is -5.40. The molecule has 7 aromatic rings. The summed E-state index contributed by atoms with van der Waals surface area (Å²) in [6.45, 7) is 0. The van der Waals surface area contributed by atoms with Gasteiger partial charge in [-0.25, -0.2) is 0 Å². The zero-order chi connectivity index (χ0) is 27.7. The van der Waals surface area contributed by atoms with Crippen LogP contribution in [-0.4, -0.2) is 0 Å². The normalized spacial score (nSPS) is 13.4. The van der Waals surface area contributed by atoms with Crippen LogP contribution >= 0.6 is 0 Å². The highest BCUT2D eigenvalue weighted by molar-refractivity contribution is 6.00. The summed E-state index contributed by atoms with van der Waals surface area (Å²) < 4.78 is 0. The SMILES string of the molecule is c1ccc(-c2ccc3ccccc3c2)c(Nc2cccc3c2-c2ccccc2C32c3ccccc3-c3ccccc32)c1. The third kappa shape index (κ3) is 3.08. The molecule has 1 spiro atoms. The van der Waals surface area contributed by atoms with Crippen LogP contribution in [-0.2, 0) is 5.41 Å². The number of anilines is 2. The largest absolute Gasteiger partial charge is 0.355 e. The minimum Gasteiger partial charge on any atom is -0.355 e. The molecule has 0 fully saturated rings. The van der Waals surface area contributed by atoms with Crippen molar-refractivity contribution in [2.45, 2.75) is 5.41 Å². The van der Waals surface area contributed by atoms with Crippen LogP contribution in [0.2, 0.25) is 0 Å². The Morgan fingerprint density at radius 3 is 1.62 bits per heavy atom. The molecule has 0 saturated carbocycles. The fourth-order valence-electron chi connectivity index (χ4n) is 7.59. The van der Waals surface area contributed by atoms with Crippen molar-refractivity contribution in [1.82, 2.24) is 0 Å². The molecule has 0 saturated heterocycles. The Morgan fingerprint density at radius 1 is 0.357 bits per heavy atom. The fraction of sp³-hybridized carbons (Fsp3) is 0.0244. The van der Waals surface area contributed by atoms with Crippen molar-refractivity contribution in [3.63, 3.8) is 0 Å². The summed E-state index contributed by atoms with van der Waals surface area (Å²) >= 11 is 0. The van der Waals surface area contributed by atoms with Crippen molar-refractivity contribution in [3.05, 3.63) is 180 Å². The second kappa shape index (κ2) is 8.80. The third-order valence-corrected chi connectivity index (χ3v) is 9.28. The van der Waals surface area contributed by atoms with Gasteiger partial charge in [0.05, 0.1) is 5.41 Å². The minimum atomic E-state index is -0.339. The van der Waals surface area contributed by atoms with Crippen molar-refractivity contribution in [2.24, 2.45) is 0 Å². The molecule has 0 radical (unpaired) electrons. The van der Waals surface area contributed by atoms with Crippen LogP contribution in [0.4, 0.5) is 11.4 Å². The van der Waals surface area contributed by atoms with Crippen LogP contribution in [0.1, 0.15) is 22.3 Å². The molecule has 1 nitrogen and oxygen atoms in total. The van der Waals surface area contributed by atoms with Crippen molar-refractivity contribution < 1.29 is 0 Å². The Labute approximate surface area is 245 Å². The van der Waals surface area contributed by atoms with E-state index in [9.17, 15) is 0 Å². The van der Waals surface area contributed by atoms with Crippen LogP contribution < -0.4 is 5.32 Å². The van der Waals surface area contributed by atoms with Gasteiger partial charge in [0.2, 0.25) is 0 Å². The number of nitrogens with one attached hydrogen (secondary N) is 1. The van der Waals surface area contributed by atoms with Gasteiger partial charge in [0.15, 0.2) is 0 Å². The van der Waals surface area contributed by atoms with Crippen LogP contribution in [0.5, 0.6) is 0 Å². The van der Waals surface area contributed by atoms with Gasteiger partial charge in [-0.05, 0) is 73.5 Å². The molecule has 196 valence electrons. The fourth-order valence-corrected chi connectivity index (χ4v) is 7.59. The van der Waals surface area contributed by atoms with Crippen LogP contribution in [0.25, 0.3) is 44.2 Å². The summed E-state index contributed by atoms with van der Waals surface area (Å²) in [7, 11) is 0. The Balaban J connectivity index is 1.26. The smallest absolute Gasteiger partial charge is 0.0726 e. The maximum absolute atomic E-state index is 3.91. The standard InChI is InChI=1S/C41H27N/c1-2-13-28-26-29(25-24-27(28)12-1)30-14-6-10-22-38(30)42-39-23-11-21-37-40(39)33-17-5-9-20-36(33)41(37)34-18-7-3-15-31(34)32-16-4-8-19-35(32)41/h1-26,42H. The van der Waals surface area contributed by atoms with E-state index in [2.05, 4.69) is 163 Å². The van der Waals surface area contributed by atoms with Gasteiger partial charge in [0.1, 0.15) is 0 Å². The number of benzene rings is 7. The number of hydrogen-bond acceptors (Lipinski definition) is 1. The zero-order valence-electron chi connectivity index (χ0n) is 23.0. The maximum atomic E-state index is 3.91. The summed E-state index contributed by atoms with van der Waals surface area (Å²) in [6, 6.07) is 57.7. The molecular formula is C41H27N. The molecule has 0 unspecified atom stereocenters. The first-order chi connectivity index (χ1) is 20.8. The van der Waals surface area contributed by atoms with E-state index in [-0.39, 0.29) is 5.41 Å². The molecule has 9 rings (SSSR count). The van der Waals surface area contributed by atoms with E-state index in [0.29, 0.717) is 0 Å². The Morgan fingerprint density at radius 2 is 0.881 bits per heavy atom. The van der Waals surface area contributed by atoms with Gasteiger partial charge in [-0.2, -0.15) is 0 Å². The Bertz CT molecular complexity index is 2140. The molecule has 2 aliphatic carbocycles. The van der Waals surface area contributed by atoms with Crippen molar-refractivity contribution in [3.8, 4) is 33.4 Å². The van der Waals surface area contributed by atoms with Gasteiger partial charge in [-0.15, -0.1) is 0 Å². The molecule has 42 heavy (non-hydrogen) atoms. The minimum absolute atomic E-state index is 0.339. The quantitative estimate of drug-likeness (QED) is 0.238. The molecule has 2 aliphatic rings. The van der Waals surface area contributed by atoms with Crippen molar-refractivity contribution in [1.29, 1.82) is 0 Å². The van der Waals surface area contributed by atoms with Gasteiger partial charge in [-0.1, -0.05) is 140 Å². The van der Waals surface area contributed by atoms with Crippen molar-refractivity contribution in [2.75, 3.05) is 5.32 Å². The molecule has 1 heteroatoms. The van der Waals surface area contributed by atoms with Gasteiger partial charge < -0.3 is 5.32 Å². The van der Waals surface area contributed by atoms with Crippen LogP contribution in [0.3, 0.4) is 0 Å². The Kier molecular flexibility index (Phi) is 4.88. The van der Waals surface area contributed by atoms with Gasteiger partial charge in [-0.3, -0.25) is 0 Å². The molecular weight excluding hydrogens is 506 g/mol. The number of para-hydroxylation sites is 1. The average molecular weight is 534 g/mol. The predicted molar refractivity (Wildman–Crippen MR) is 175 cm³/mol. The van der Waals surface area contributed by atoms with E-state index in [0.717, 1.165) is 11.4 Å². The lowest BCUT2D eigenvalue weighted by Crippen LogP contribution is -2.25. The number of rotatable bonds is 3. The monoisotopic (exact) mass is 533 g/mol. The highest BCUT2D eigenvalue weighted by Crippen LogP contribution is 2.63. The lowest BCUT2D eigenvalue weighted by molar-refractivity contribution is 0.794. The number of fused-ring (bicyclic) bond motifs is 11. The third-order valence-electron chi connectivity index (χ3n) is 9.28. The van der Waals surface area contributed by atoms with Gasteiger partial charge in [0.25, 0.3) is 0 Å². The molecule has 7 aromatic carbocycles. The summed E-state index contributed by atoms with van der Waals surface area (Å²) in [5, 5.41) is 6.42. The summed E-state index contributed by atoms with van der Waals surface area (Å²) in [4.78, 5) is 0. The van der Waals surface area contributed by atoms with Crippen molar-refractivity contribution >= 4 is 22.1 Å². The maximum Gasteiger partial charge on any atom is 0.0726 e. The summed E-state index contributed by atoms with van der Waals surface area (Å²) in [5.41, 5.74) is 15.0. The van der Waals surface area contributed by atoms with Crippen LogP contribution in [0, 0.1) is 0 Å². The van der Waals surface area contributed by atoms with E-state index in [1.807, 2.05) is 0 Å². The highest BCUT2D eigenvalue weighted by atomic mass is 14.9. The lowest BCUT2D eigenvalue weighted by atomic mass is 9.70. The first-order valence-corrected chi connectivity index (χ1v) is 14.6. The molecule has 1 N–H and O–H groups in total. The molecule has 0 bridgehead atoms. The molecule has 0 aromatic heterocycles. The first-order valence-electron chi connectivity index (χ1n) is 14.6. The summed E-state index contributed by atoms with van der Waals surface area (Å²) in [5.74, 6) is 0. The second-order valence-electron chi connectivity index (χ2n) is 11.3. The molecule has 0 heterocycles. The first kappa shape index (κ1) is 23.3. The second-order valence-corrected chi connectivity index (χ2v) is 11.3. The van der Waals surface area contributed by atoms with E-state index in [4.69, 9.17) is 0 Å². The highest BCUT2D eigenvalue weighted by Gasteiger charge is 2.51. The summed E-state index contributed by atoms with van der Waals surface area (Å²) in [6.07, 6.45) is 0. The average Bonchev–Trinajstić information content (AvgIpc) is 3.53. The lowest BCUT2D eigenvalue weighted by Gasteiger charge is -2.30. The zero-order valence-corrected chi connectivity index (χ0v) is 23.0. The molecule has 0 amide bonds. The van der Waals surface area contributed by atoms with E-state index in [1.54, 1.807) is 0 Å². The van der Waals surface area contributed by atoms with Crippen LogP contribution in [0.15, 0.2) is 158 Å².